The van der Waals surface area contributed by atoms with Gasteiger partial charge in [0.15, 0.2) is 5.78 Å². The van der Waals surface area contributed by atoms with Crippen LogP contribution in [0.1, 0.15) is 39.0 Å². The first-order valence-corrected chi connectivity index (χ1v) is 5.81. The van der Waals surface area contributed by atoms with E-state index in [2.05, 4.69) is 0 Å². The Morgan fingerprint density at radius 2 is 1.94 bits per heavy atom. The van der Waals surface area contributed by atoms with E-state index in [1.165, 1.54) is 7.11 Å². The fourth-order valence-corrected chi connectivity index (χ4v) is 2.54. The summed E-state index contributed by atoms with van der Waals surface area (Å²) in [6.45, 7) is 1.59. The van der Waals surface area contributed by atoms with E-state index in [0.717, 1.165) is 6.42 Å². The lowest BCUT2D eigenvalue weighted by molar-refractivity contribution is -0.156. The Morgan fingerprint density at radius 1 is 1.38 bits per heavy atom. The molecule has 1 N–H and O–H groups in total. The second-order valence-corrected chi connectivity index (χ2v) is 4.52. The third-order valence-electron chi connectivity index (χ3n) is 3.85. The van der Waals surface area contributed by atoms with Gasteiger partial charge in [0.05, 0.1) is 12.5 Å². The van der Waals surface area contributed by atoms with Crippen LogP contribution in [0.15, 0.2) is 0 Å². The highest BCUT2D eigenvalue weighted by atomic mass is 16.5. The Hall–Kier alpha value is -0.900. The van der Waals surface area contributed by atoms with Crippen LogP contribution in [0.5, 0.6) is 0 Å². The van der Waals surface area contributed by atoms with Gasteiger partial charge in [-0.15, -0.1) is 0 Å². The molecule has 0 aliphatic heterocycles. The molecule has 1 aliphatic rings. The summed E-state index contributed by atoms with van der Waals surface area (Å²) >= 11 is 0. The van der Waals surface area contributed by atoms with Crippen LogP contribution in [0, 0.1) is 11.3 Å². The van der Waals surface area contributed by atoms with Crippen molar-refractivity contribution in [2.75, 3.05) is 13.7 Å². The number of aliphatic hydroxyl groups excluding tert-OH is 1. The van der Waals surface area contributed by atoms with E-state index in [-0.39, 0.29) is 24.3 Å². The van der Waals surface area contributed by atoms with Crippen LogP contribution in [-0.2, 0) is 14.3 Å². The van der Waals surface area contributed by atoms with Crippen LogP contribution in [0.2, 0.25) is 0 Å². The summed E-state index contributed by atoms with van der Waals surface area (Å²) in [4.78, 5) is 23.0. The third kappa shape index (κ3) is 2.43. The summed E-state index contributed by atoms with van der Waals surface area (Å²) < 4.78 is 4.83. The maximum absolute atomic E-state index is 11.7. The van der Waals surface area contributed by atoms with Gasteiger partial charge in [0, 0.05) is 5.92 Å². The molecule has 0 amide bonds. The largest absolute Gasteiger partial charge is 0.469 e. The smallest absolute Gasteiger partial charge is 0.311 e. The van der Waals surface area contributed by atoms with Gasteiger partial charge < -0.3 is 9.84 Å². The SMILES string of the molecule is CCC1(C(=O)OC)CCC(C(=O)CO)CC1. The molecule has 0 spiro atoms. The van der Waals surface area contributed by atoms with Crippen LogP contribution in [-0.4, -0.2) is 30.6 Å². The molecule has 0 aromatic heterocycles. The number of carbonyl (C=O) groups excluding carboxylic acids is 2. The van der Waals surface area contributed by atoms with Crippen molar-refractivity contribution < 1.29 is 19.4 Å². The number of methoxy groups -OCH3 is 1. The van der Waals surface area contributed by atoms with Gasteiger partial charge in [0.2, 0.25) is 0 Å². The first-order chi connectivity index (χ1) is 7.59. The minimum Gasteiger partial charge on any atom is -0.469 e. The van der Waals surface area contributed by atoms with Crippen molar-refractivity contribution in [1.29, 1.82) is 0 Å². The van der Waals surface area contributed by atoms with E-state index >= 15 is 0 Å². The number of carbonyl (C=O) groups is 2. The van der Waals surface area contributed by atoms with Crippen molar-refractivity contribution in [3.05, 3.63) is 0 Å². The number of Topliss-reactive ketones (excluding diaryl/α,β-unsaturated/α-hetero) is 1. The second kappa shape index (κ2) is 5.43. The molecule has 0 bridgehead atoms. The zero-order valence-corrected chi connectivity index (χ0v) is 9.99. The lowest BCUT2D eigenvalue weighted by atomic mass is 9.68. The number of rotatable bonds is 4. The van der Waals surface area contributed by atoms with Gasteiger partial charge in [0.1, 0.15) is 6.61 Å². The predicted molar refractivity (Wildman–Crippen MR) is 58.8 cm³/mol. The quantitative estimate of drug-likeness (QED) is 0.737. The lowest BCUT2D eigenvalue weighted by Gasteiger charge is -2.36. The highest BCUT2D eigenvalue weighted by Gasteiger charge is 2.42. The Bertz CT molecular complexity index is 264. The maximum Gasteiger partial charge on any atom is 0.311 e. The van der Waals surface area contributed by atoms with Gasteiger partial charge >= 0.3 is 5.97 Å². The highest BCUT2D eigenvalue weighted by Crippen LogP contribution is 2.42. The van der Waals surface area contributed by atoms with Crippen molar-refractivity contribution in [3.63, 3.8) is 0 Å². The second-order valence-electron chi connectivity index (χ2n) is 4.52. The molecular weight excluding hydrogens is 208 g/mol. The van der Waals surface area contributed by atoms with Crippen molar-refractivity contribution >= 4 is 11.8 Å². The number of ketones is 1. The van der Waals surface area contributed by atoms with Crippen LogP contribution in [0.4, 0.5) is 0 Å². The fourth-order valence-electron chi connectivity index (χ4n) is 2.54. The topological polar surface area (TPSA) is 63.6 Å². The van der Waals surface area contributed by atoms with Gasteiger partial charge in [-0.2, -0.15) is 0 Å². The predicted octanol–water partition coefficient (Wildman–Crippen LogP) is 1.31. The summed E-state index contributed by atoms with van der Waals surface area (Å²) in [6, 6.07) is 0. The minimum atomic E-state index is -0.402. The van der Waals surface area contributed by atoms with Gasteiger partial charge in [-0.1, -0.05) is 6.92 Å². The molecule has 0 atom stereocenters. The van der Waals surface area contributed by atoms with Crippen molar-refractivity contribution in [3.8, 4) is 0 Å². The van der Waals surface area contributed by atoms with Gasteiger partial charge in [0.25, 0.3) is 0 Å². The fraction of sp³-hybridized carbons (Fsp3) is 0.833. The number of hydrogen-bond donors (Lipinski definition) is 1. The van der Waals surface area contributed by atoms with Crippen LogP contribution in [0.25, 0.3) is 0 Å². The van der Waals surface area contributed by atoms with Crippen LogP contribution < -0.4 is 0 Å². The summed E-state index contributed by atoms with van der Waals surface area (Å²) in [6.07, 6.45) is 3.49. The first-order valence-electron chi connectivity index (χ1n) is 5.81. The van der Waals surface area contributed by atoms with Crippen molar-refractivity contribution in [1.82, 2.24) is 0 Å². The Kier molecular flexibility index (Phi) is 4.47. The molecule has 0 aromatic carbocycles. The zero-order chi connectivity index (χ0) is 12.2. The summed E-state index contributed by atoms with van der Waals surface area (Å²) in [7, 11) is 1.41. The monoisotopic (exact) mass is 228 g/mol. The molecule has 16 heavy (non-hydrogen) atoms. The summed E-state index contributed by atoms with van der Waals surface area (Å²) in [5, 5.41) is 8.79. The first kappa shape index (κ1) is 13.2. The average molecular weight is 228 g/mol. The Balaban J connectivity index is 2.64. The number of esters is 1. The molecule has 0 aromatic rings. The van der Waals surface area contributed by atoms with Crippen molar-refractivity contribution in [2.45, 2.75) is 39.0 Å². The lowest BCUT2D eigenvalue weighted by Crippen LogP contribution is -2.37. The van der Waals surface area contributed by atoms with Gasteiger partial charge in [-0.25, -0.2) is 0 Å². The van der Waals surface area contributed by atoms with E-state index in [4.69, 9.17) is 9.84 Å². The van der Waals surface area contributed by atoms with E-state index in [0.29, 0.717) is 25.7 Å². The normalized spacial score (nSPS) is 29.8. The van der Waals surface area contributed by atoms with Crippen LogP contribution >= 0.6 is 0 Å². The van der Waals surface area contributed by atoms with Gasteiger partial charge in [-0.3, -0.25) is 9.59 Å². The average Bonchev–Trinajstić information content (AvgIpc) is 2.36. The van der Waals surface area contributed by atoms with Crippen LogP contribution in [0.3, 0.4) is 0 Å². The number of aliphatic hydroxyl groups is 1. The Morgan fingerprint density at radius 3 is 2.31 bits per heavy atom. The summed E-state index contributed by atoms with van der Waals surface area (Å²) in [5.41, 5.74) is -0.402. The molecule has 1 aliphatic carbocycles. The molecular formula is C12H20O4. The Labute approximate surface area is 96.0 Å². The van der Waals surface area contributed by atoms with E-state index in [1.54, 1.807) is 0 Å². The van der Waals surface area contributed by atoms with E-state index < -0.39 is 5.41 Å². The van der Waals surface area contributed by atoms with E-state index in [9.17, 15) is 9.59 Å². The molecule has 92 valence electrons. The number of ether oxygens (including phenoxy) is 1. The van der Waals surface area contributed by atoms with Gasteiger partial charge in [-0.05, 0) is 32.1 Å². The molecule has 0 saturated heterocycles. The molecule has 0 heterocycles. The molecule has 4 nitrogen and oxygen atoms in total. The van der Waals surface area contributed by atoms with E-state index in [1.807, 2.05) is 6.92 Å². The molecule has 1 saturated carbocycles. The minimum absolute atomic E-state index is 0.0747. The zero-order valence-electron chi connectivity index (χ0n) is 9.99. The molecule has 1 fully saturated rings. The molecule has 1 rings (SSSR count). The third-order valence-corrected chi connectivity index (χ3v) is 3.85. The standard InChI is InChI=1S/C12H20O4/c1-3-12(11(15)16-2)6-4-9(5-7-12)10(14)8-13/h9,13H,3-8H2,1-2H3. The highest BCUT2D eigenvalue weighted by molar-refractivity contribution is 5.83. The molecule has 0 radical (unpaired) electrons. The number of hydrogen-bond acceptors (Lipinski definition) is 4. The summed E-state index contributed by atoms with van der Waals surface area (Å²) in [5.74, 6) is -0.339. The maximum atomic E-state index is 11.7. The molecule has 0 unspecified atom stereocenters. The van der Waals surface area contributed by atoms with Crippen molar-refractivity contribution in [2.24, 2.45) is 11.3 Å². The molecule has 4 heteroatoms.